The second-order valence-electron chi connectivity index (χ2n) is 7.54. The summed E-state index contributed by atoms with van der Waals surface area (Å²) < 4.78 is 59.6. The highest BCUT2D eigenvalue weighted by Crippen LogP contribution is 2.77. The van der Waals surface area contributed by atoms with Crippen molar-refractivity contribution in [3.8, 4) is 0 Å². The van der Waals surface area contributed by atoms with Gasteiger partial charge >= 0.3 is 11.8 Å². The average Bonchev–Trinajstić information content (AvgIpc) is 3.01. The van der Waals surface area contributed by atoms with Crippen LogP contribution in [0.1, 0.15) is 26.7 Å². The minimum Gasteiger partial charge on any atom is -0.194 e. The van der Waals surface area contributed by atoms with Gasteiger partial charge in [0, 0.05) is 10.6 Å². The minimum atomic E-state index is -4.09. The van der Waals surface area contributed by atoms with E-state index >= 15 is 0 Å². The number of alkyl halides is 4. The summed E-state index contributed by atoms with van der Waals surface area (Å²) in [4.78, 5) is 0. The molecule has 0 aromatic heterocycles. The molecule has 2 aromatic carbocycles. The number of benzene rings is 2. The largest absolute Gasteiger partial charge is 0.341 e. The lowest BCUT2D eigenvalue weighted by Gasteiger charge is -2.48. The molecule has 1 fully saturated rings. The molecule has 4 rings (SSSR count). The molecule has 0 bridgehead atoms. The topological polar surface area (TPSA) is 0 Å². The van der Waals surface area contributed by atoms with Crippen molar-refractivity contribution >= 4 is 26.5 Å². The molecule has 28 heavy (non-hydrogen) atoms. The van der Waals surface area contributed by atoms with E-state index in [4.69, 9.17) is 0 Å². The normalized spacial score (nSPS) is 26.5. The van der Waals surface area contributed by atoms with Gasteiger partial charge in [-0.1, -0.05) is 82.4 Å². The Balaban J connectivity index is 1.96. The highest BCUT2D eigenvalue weighted by molar-refractivity contribution is 7.78. The van der Waals surface area contributed by atoms with Gasteiger partial charge in [0.15, 0.2) is 0 Å². The Kier molecular flexibility index (Phi) is 5.17. The zero-order valence-corrected chi connectivity index (χ0v) is 17.5. The van der Waals surface area contributed by atoms with Gasteiger partial charge in [0.05, 0.1) is 0 Å². The van der Waals surface area contributed by atoms with Crippen LogP contribution in [0.3, 0.4) is 0 Å². The summed E-state index contributed by atoms with van der Waals surface area (Å²) in [6.45, 7) is 3.89. The van der Waals surface area contributed by atoms with Crippen LogP contribution in [0.15, 0.2) is 71.3 Å². The molecule has 1 aliphatic heterocycles. The third-order valence-electron chi connectivity index (χ3n) is 5.68. The van der Waals surface area contributed by atoms with Crippen molar-refractivity contribution in [2.24, 2.45) is 0 Å². The Morgan fingerprint density at radius 2 is 1.18 bits per heavy atom. The van der Waals surface area contributed by atoms with Crippen LogP contribution in [0.4, 0.5) is 17.6 Å². The number of halogens is 4. The number of allylic oxidation sites excluding steroid dienone is 2. The molecule has 0 unspecified atom stereocenters. The van der Waals surface area contributed by atoms with Gasteiger partial charge in [-0.3, -0.25) is 0 Å². The Bertz CT molecular complexity index is 830. The lowest BCUT2D eigenvalue weighted by molar-refractivity contribution is -0.177. The number of hydrogen-bond donors (Lipinski definition) is 0. The molecule has 148 valence electrons. The molecule has 0 N–H and O–H groups in total. The lowest BCUT2D eigenvalue weighted by Crippen LogP contribution is -2.54. The van der Waals surface area contributed by atoms with Crippen LogP contribution in [0.25, 0.3) is 0 Å². The van der Waals surface area contributed by atoms with Crippen LogP contribution < -0.4 is 10.6 Å². The molecule has 1 heterocycles. The summed E-state index contributed by atoms with van der Waals surface area (Å²) >= 11 is 0. The van der Waals surface area contributed by atoms with Crippen molar-refractivity contribution in [2.45, 2.75) is 49.9 Å². The van der Waals surface area contributed by atoms with Crippen LogP contribution in [0.2, 0.25) is 0 Å². The first-order valence-electron chi connectivity index (χ1n) is 9.46. The lowest BCUT2D eigenvalue weighted by atomic mass is 10.00. The first kappa shape index (κ1) is 20.0. The number of hydrogen-bond acceptors (Lipinski definition) is 0. The summed E-state index contributed by atoms with van der Waals surface area (Å²) in [7, 11) is -2.97. The predicted octanol–water partition coefficient (Wildman–Crippen LogP) is 6.67. The zero-order valence-electron chi connectivity index (χ0n) is 15.7. The standard InChI is InChI=1S/C22H22F4P2/c1-15-13-14-16(2)27(15)19-20(22(25,26)21(19,23)24)28(17-9-5-3-6-10-17)18-11-7-4-8-12-18/h3-12,15-16H,13-14H2,1-2H3/t15-,16-/m1/s1. The Labute approximate surface area is 165 Å². The molecule has 0 radical (unpaired) electrons. The van der Waals surface area contributed by atoms with E-state index in [1.807, 2.05) is 26.0 Å². The molecule has 0 nitrogen and oxygen atoms in total. The maximum Gasteiger partial charge on any atom is 0.341 e. The van der Waals surface area contributed by atoms with E-state index in [9.17, 15) is 17.6 Å². The third-order valence-corrected chi connectivity index (χ3v) is 11.9. The van der Waals surface area contributed by atoms with Gasteiger partial charge in [0.1, 0.15) is 0 Å². The van der Waals surface area contributed by atoms with Gasteiger partial charge in [-0.05, 0) is 42.7 Å². The van der Waals surface area contributed by atoms with Crippen molar-refractivity contribution in [1.29, 1.82) is 0 Å². The fourth-order valence-electron chi connectivity index (χ4n) is 4.26. The van der Waals surface area contributed by atoms with E-state index in [1.54, 1.807) is 48.5 Å². The summed E-state index contributed by atoms with van der Waals surface area (Å²) in [5, 5.41) is 0.877. The van der Waals surface area contributed by atoms with Crippen molar-refractivity contribution in [3.63, 3.8) is 0 Å². The molecule has 6 heteroatoms. The van der Waals surface area contributed by atoms with Gasteiger partial charge in [0.25, 0.3) is 0 Å². The van der Waals surface area contributed by atoms with E-state index in [1.165, 1.54) is 0 Å². The highest BCUT2D eigenvalue weighted by Gasteiger charge is 2.74. The van der Waals surface area contributed by atoms with E-state index in [-0.39, 0.29) is 21.9 Å². The van der Waals surface area contributed by atoms with Gasteiger partial charge in [-0.2, -0.15) is 17.6 Å². The van der Waals surface area contributed by atoms with Crippen molar-refractivity contribution in [2.75, 3.05) is 0 Å². The van der Waals surface area contributed by atoms with E-state index in [0.717, 1.165) is 12.8 Å². The van der Waals surface area contributed by atoms with Crippen molar-refractivity contribution < 1.29 is 17.6 Å². The third kappa shape index (κ3) is 2.96. The highest BCUT2D eigenvalue weighted by atomic mass is 31.1. The Hall–Kier alpha value is -1.24. The molecule has 0 saturated carbocycles. The second kappa shape index (κ2) is 7.22. The molecule has 1 saturated heterocycles. The van der Waals surface area contributed by atoms with Gasteiger partial charge in [-0.25, -0.2) is 0 Å². The molecule has 0 spiro atoms. The fraction of sp³-hybridized carbons (Fsp3) is 0.364. The van der Waals surface area contributed by atoms with E-state index < -0.39 is 27.7 Å². The van der Waals surface area contributed by atoms with Crippen LogP contribution in [0.5, 0.6) is 0 Å². The molecular formula is C22H22F4P2. The Morgan fingerprint density at radius 3 is 1.61 bits per heavy atom. The average molecular weight is 424 g/mol. The maximum absolute atomic E-state index is 15.0. The van der Waals surface area contributed by atoms with Gasteiger partial charge in [-0.15, -0.1) is 0 Å². The minimum absolute atomic E-state index is 0.0559. The quantitative estimate of drug-likeness (QED) is 0.380. The molecular weight excluding hydrogens is 402 g/mol. The molecule has 2 aromatic rings. The molecule has 2 aliphatic rings. The number of rotatable bonds is 4. The monoisotopic (exact) mass is 424 g/mol. The van der Waals surface area contributed by atoms with Gasteiger partial charge < -0.3 is 0 Å². The predicted molar refractivity (Wildman–Crippen MR) is 111 cm³/mol. The maximum atomic E-state index is 15.0. The smallest absolute Gasteiger partial charge is 0.194 e. The summed E-state index contributed by atoms with van der Waals surface area (Å²) in [5.74, 6) is -8.13. The van der Waals surface area contributed by atoms with Crippen LogP contribution in [0, 0.1) is 0 Å². The zero-order chi connectivity index (χ0) is 20.1. The van der Waals surface area contributed by atoms with Crippen LogP contribution >= 0.6 is 15.8 Å². The van der Waals surface area contributed by atoms with Crippen LogP contribution in [-0.4, -0.2) is 23.2 Å². The fourth-order valence-corrected chi connectivity index (χ4v) is 10.9. The van der Waals surface area contributed by atoms with Crippen molar-refractivity contribution in [1.82, 2.24) is 0 Å². The van der Waals surface area contributed by atoms with E-state index in [0.29, 0.717) is 10.6 Å². The van der Waals surface area contributed by atoms with Crippen molar-refractivity contribution in [3.05, 3.63) is 71.3 Å². The molecule has 2 atom stereocenters. The Morgan fingerprint density at radius 1 is 0.750 bits per heavy atom. The molecule has 0 amide bonds. The second-order valence-corrected chi connectivity index (χ2v) is 12.7. The van der Waals surface area contributed by atoms with Gasteiger partial charge in [0.2, 0.25) is 0 Å². The first-order chi connectivity index (χ1) is 13.3. The summed E-state index contributed by atoms with van der Waals surface area (Å²) in [5.41, 5.74) is 0.112. The van der Waals surface area contributed by atoms with E-state index in [2.05, 4.69) is 0 Å². The summed E-state index contributed by atoms with van der Waals surface area (Å²) in [6, 6.07) is 17.9. The SMILES string of the molecule is C[C@@H]1CC[C@@H](C)P1C1=C(P(c2ccccc2)c2ccccc2)C(F)(F)C1(F)F. The summed E-state index contributed by atoms with van der Waals surface area (Å²) in [6.07, 6.45) is 1.67. The first-order valence-corrected chi connectivity index (χ1v) is 12.3. The van der Waals surface area contributed by atoms with Crippen LogP contribution in [-0.2, 0) is 0 Å². The molecule has 1 aliphatic carbocycles.